The minimum Gasteiger partial charge on any atom is -0.313 e. The largest absolute Gasteiger partial charge is 0.313 e. The summed E-state index contributed by atoms with van der Waals surface area (Å²) in [6, 6.07) is 6.86. The summed E-state index contributed by atoms with van der Waals surface area (Å²) in [6.45, 7) is 6.33. The fraction of sp³-hybridized carbons (Fsp3) is 0.400. The molecule has 0 aliphatic rings. The van der Waals surface area contributed by atoms with Crippen LogP contribution in [0.5, 0.6) is 0 Å². The molecule has 0 aliphatic carbocycles. The standard InChI is InChI=1S/C15H19BrN2S/c1-9-5-12(7-13(16)6-9)14(17-4)8-15-18-10(2)11(3)19-15/h5-7,14,17H,8H2,1-4H3. The van der Waals surface area contributed by atoms with Gasteiger partial charge in [-0.05, 0) is 51.1 Å². The van der Waals surface area contributed by atoms with E-state index in [9.17, 15) is 0 Å². The summed E-state index contributed by atoms with van der Waals surface area (Å²) in [7, 11) is 2.01. The monoisotopic (exact) mass is 338 g/mol. The Labute approximate surface area is 127 Å². The molecule has 102 valence electrons. The van der Waals surface area contributed by atoms with E-state index in [1.807, 2.05) is 7.05 Å². The molecule has 19 heavy (non-hydrogen) atoms. The lowest BCUT2D eigenvalue weighted by Gasteiger charge is -2.16. The number of rotatable bonds is 4. The van der Waals surface area contributed by atoms with Crippen LogP contribution in [0.4, 0.5) is 0 Å². The first kappa shape index (κ1) is 14.7. The van der Waals surface area contributed by atoms with E-state index >= 15 is 0 Å². The molecule has 0 saturated carbocycles. The number of aromatic nitrogens is 1. The summed E-state index contributed by atoms with van der Waals surface area (Å²) in [6.07, 6.45) is 0.936. The minimum atomic E-state index is 0.307. The molecule has 0 bridgehead atoms. The lowest BCUT2D eigenvalue weighted by atomic mass is 10.0. The van der Waals surface area contributed by atoms with E-state index in [0.29, 0.717) is 6.04 Å². The van der Waals surface area contributed by atoms with E-state index in [0.717, 1.165) is 16.6 Å². The molecular formula is C15H19BrN2S. The summed E-state index contributed by atoms with van der Waals surface area (Å²) in [4.78, 5) is 5.95. The maximum Gasteiger partial charge on any atom is 0.0949 e. The summed E-state index contributed by atoms with van der Waals surface area (Å²) < 4.78 is 1.13. The zero-order valence-electron chi connectivity index (χ0n) is 11.7. The van der Waals surface area contributed by atoms with E-state index in [4.69, 9.17) is 0 Å². The third-order valence-electron chi connectivity index (χ3n) is 3.27. The van der Waals surface area contributed by atoms with E-state index in [2.05, 4.69) is 65.2 Å². The fourth-order valence-corrected chi connectivity index (χ4v) is 3.76. The minimum absolute atomic E-state index is 0.307. The topological polar surface area (TPSA) is 24.9 Å². The van der Waals surface area contributed by atoms with Crippen LogP contribution in [0, 0.1) is 20.8 Å². The molecule has 0 fully saturated rings. The number of halogens is 1. The van der Waals surface area contributed by atoms with Crippen LogP contribution in [0.1, 0.15) is 32.7 Å². The van der Waals surface area contributed by atoms with Gasteiger partial charge in [0.15, 0.2) is 0 Å². The van der Waals surface area contributed by atoms with Gasteiger partial charge in [-0.2, -0.15) is 0 Å². The van der Waals surface area contributed by atoms with Gasteiger partial charge in [0, 0.05) is 21.8 Å². The quantitative estimate of drug-likeness (QED) is 0.897. The highest BCUT2D eigenvalue weighted by Crippen LogP contribution is 2.26. The Morgan fingerprint density at radius 2 is 2.00 bits per heavy atom. The van der Waals surface area contributed by atoms with Gasteiger partial charge in [0.1, 0.15) is 0 Å². The van der Waals surface area contributed by atoms with Crippen LogP contribution in [0.25, 0.3) is 0 Å². The van der Waals surface area contributed by atoms with Crippen molar-refractivity contribution in [2.24, 2.45) is 0 Å². The molecule has 1 N–H and O–H groups in total. The number of hydrogen-bond donors (Lipinski definition) is 1. The smallest absolute Gasteiger partial charge is 0.0949 e. The van der Waals surface area contributed by atoms with Crippen molar-refractivity contribution in [3.63, 3.8) is 0 Å². The lowest BCUT2D eigenvalue weighted by Crippen LogP contribution is -2.19. The molecule has 2 aromatic rings. The average molecular weight is 339 g/mol. The van der Waals surface area contributed by atoms with Crippen molar-refractivity contribution in [3.8, 4) is 0 Å². The number of nitrogens with one attached hydrogen (secondary N) is 1. The zero-order chi connectivity index (χ0) is 14.0. The normalized spacial score (nSPS) is 12.7. The molecule has 1 atom stereocenters. The van der Waals surface area contributed by atoms with Crippen molar-refractivity contribution in [2.75, 3.05) is 7.05 Å². The molecule has 0 amide bonds. The Bertz CT molecular complexity index is 538. The predicted molar refractivity (Wildman–Crippen MR) is 86.0 cm³/mol. The number of benzene rings is 1. The molecule has 4 heteroatoms. The SMILES string of the molecule is CNC(Cc1nc(C)c(C)s1)c1cc(C)cc(Br)c1. The van der Waals surface area contributed by atoms with Crippen LogP contribution in [-0.4, -0.2) is 12.0 Å². The fourth-order valence-electron chi connectivity index (χ4n) is 2.15. The number of aryl methyl sites for hydroxylation is 3. The molecular weight excluding hydrogens is 320 g/mol. The van der Waals surface area contributed by atoms with Gasteiger partial charge in [-0.1, -0.05) is 22.0 Å². The Balaban J connectivity index is 2.24. The van der Waals surface area contributed by atoms with Crippen LogP contribution in [0.15, 0.2) is 22.7 Å². The molecule has 1 unspecified atom stereocenters. The Morgan fingerprint density at radius 1 is 1.26 bits per heavy atom. The van der Waals surface area contributed by atoms with Crippen molar-refractivity contribution in [3.05, 3.63) is 49.4 Å². The molecule has 0 spiro atoms. The number of thiazole rings is 1. The van der Waals surface area contributed by atoms with Gasteiger partial charge in [0.2, 0.25) is 0 Å². The van der Waals surface area contributed by atoms with Crippen molar-refractivity contribution >= 4 is 27.3 Å². The molecule has 1 heterocycles. The number of nitrogens with zero attached hydrogens (tertiary/aromatic N) is 1. The molecule has 0 saturated heterocycles. The highest BCUT2D eigenvalue weighted by molar-refractivity contribution is 9.10. The first-order valence-corrected chi connectivity index (χ1v) is 7.98. The zero-order valence-corrected chi connectivity index (χ0v) is 14.2. The first-order valence-electron chi connectivity index (χ1n) is 6.37. The Kier molecular flexibility index (Phi) is 4.76. The van der Waals surface area contributed by atoms with Gasteiger partial charge in [0.05, 0.1) is 10.7 Å². The first-order chi connectivity index (χ1) is 8.99. The van der Waals surface area contributed by atoms with Gasteiger partial charge < -0.3 is 5.32 Å². The lowest BCUT2D eigenvalue weighted by molar-refractivity contribution is 0.589. The van der Waals surface area contributed by atoms with E-state index < -0.39 is 0 Å². The van der Waals surface area contributed by atoms with Gasteiger partial charge in [-0.25, -0.2) is 4.98 Å². The highest BCUT2D eigenvalue weighted by Gasteiger charge is 2.14. The molecule has 0 aliphatic heterocycles. The Hall–Kier alpha value is -0.710. The Morgan fingerprint density at radius 3 is 2.53 bits per heavy atom. The van der Waals surface area contributed by atoms with Crippen LogP contribution in [0.3, 0.4) is 0 Å². The second-order valence-corrected chi connectivity index (χ2v) is 7.06. The summed E-state index contributed by atoms with van der Waals surface area (Å²) in [5.41, 5.74) is 3.73. The van der Waals surface area contributed by atoms with Crippen LogP contribution in [0.2, 0.25) is 0 Å². The van der Waals surface area contributed by atoms with Crippen LogP contribution in [-0.2, 0) is 6.42 Å². The second-order valence-electron chi connectivity index (χ2n) is 4.86. The van der Waals surface area contributed by atoms with Gasteiger partial charge in [-0.3, -0.25) is 0 Å². The van der Waals surface area contributed by atoms with Crippen molar-refractivity contribution in [2.45, 2.75) is 33.2 Å². The van der Waals surface area contributed by atoms with Gasteiger partial charge >= 0.3 is 0 Å². The summed E-state index contributed by atoms with van der Waals surface area (Å²) >= 11 is 5.37. The van der Waals surface area contributed by atoms with Crippen LogP contribution < -0.4 is 5.32 Å². The maximum absolute atomic E-state index is 4.64. The second kappa shape index (κ2) is 6.16. The van der Waals surface area contributed by atoms with Gasteiger partial charge in [-0.15, -0.1) is 11.3 Å². The third kappa shape index (κ3) is 3.65. The summed E-state index contributed by atoms with van der Waals surface area (Å²) in [5.74, 6) is 0. The number of hydrogen-bond acceptors (Lipinski definition) is 3. The molecule has 2 nitrogen and oxygen atoms in total. The highest BCUT2D eigenvalue weighted by atomic mass is 79.9. The maximum atomic E-state index is 4.64. The third-order valence-corrected chi connectivity index (χ3v) is 4.82. The van der Waals surface area contributed by atoms with E-state index in [-0.39, 0.29) is 0 Å². The van der Waals surface area contributed by atoms with E-state index in [1.165, 1.54) is 21.0 Å². The van der Waals surface area contributed by atoms with Crippen molar-refractivity contribution < 1.29 is 0 Å². The molecule has 0 radical (unpaired) electrons. The number of likely N-dealkylation sites (N-methyl/N-ethyl adjacent to an activating group) is 1. The molecule has 2 rings (SSSR count). The van der Waals surface area contributed by atoms with Crippen LogP contribution >= 0.6 is 27.3 Å². The van der Waals surface area contributed by atoms with Crippen molar-refractivity contribution in [1.82, 2.24) is 10.3 Å². The van der Waals surface area contributed by atoms with Crippen molar-refractivity contribution in [1.29, 1.82) is 0 Å². The van der Waals surface area contributed by atoms with E-state index in [1.54, 1.807) is 11.3 Å². The molecule has 1 aromatic carbocycles. The average Bonchev–Trinajstić information content (AvgIpc) is 2.64. The van der Waals surface area contributed by atoms with Gasteiger partial charge in [0.25, 0.3) is 0 Å². The summed E-state index contributed by atoms with van der Waals surface area (Å²) in [5, 5.41) is 4.60. The molecule has 1 aromatic heterocycles. The predicted octanol–water partition coefficient (Wildman–Crippen LogP) is 4.33.